The van der Waals surface area contributed by atoms with Gasteiger partial charge in [0.2, 0.25) is 5.91 Å². The molecule has 0 aromatic carbocycles. The van der Waals surface area contributed by atoms with Crippen LogP contribution < -0.4 is 11.1 Å². The van der Waals surface area contributed by atoms with Gasteiger partial charge in [-0.25, -0.2) is 0 Å². The van der Waals surface area contributed by atoms with E-state index in [1.807, 2.05) is 0 Å². The van der Waals surface area contributed by atoms with Crippen LogP contribution in [0.15, 0.2) is 5.16 Å². The van der Waals surface area contributed by atoms with E-state index >= 15 is 0 Å². The Labute approximate surface area is 77.0 Å². The molecule has 0 heterocycles. The van der Waals surface area contributed by atoms with E-state index < -0.39 is 5.92 Å². The summed E-state index contributed by atoms with van der Waals surface area (Å²) in [5.41, 5.74) is 5.29. The smallest absolute Gasteiger partial charge is 0.230 e. The Morgan fingerprint density at radius 1 is 1.69 bits per heavy atom. The first-order valence-electron chi connectivity index (χ1n) is 4.43. The van der Waals surface area contributed by atoms with Gasteiger partial charge in [0.15, 0.2) is 5.84 Å². The van der Waals surface area contributed by atoms with Crippen LogP contribution in [0.2, 0.25) is 0 Å². The van der Waals surface area contributed by atoms with E-state index in [9.17, 15) is 4.79 Å². The number of hydrogen-bond donors (Lipinski definition) is 3. The molecule has 0 aliphatic heterocycles. The Hall–Kier alpha value is -1.26. The van der Waals surface area contributed by atoms with Crippen molar-refractivity contribution in [3.63, 3.8) is 0 Å². The largest absolute Gasteiger partial charge is 0.409 e. The lowest BCUT2D eigenvalue weighted by Crippen LogP contribution is -2.45. The van der Waals surface area contributed by atoms with Gasteiger partial charge in [0.25, 0.3) is 0 Å². The van der Waals surface area contributed by atoms with Crippen molar-refractivity contribution >= 4 is 11.7 Å². The second-order valence-electron chi connectivity index (χ2n) is 3.38. The van der Waals surface area contributed by atoms with Gasteiger partial charge >= 0.3 is 0 Å². The second kappa shape index (κ2) is 4.11. The molecule has 1 unspecified atom stereocenters. The number of oxime groups is 1. The van der Waals surface area contributed by atoms with E-state index in [1.54, 1.807) is 6.92 Å². The Kier molecular flexibility index (Phi) is 3.11. The molecule has 1 aliphatic carbocycles. The van der Waals surface area contributed by atoms with Crippen molar-refractivity contribution in [1.82, 2.24) is 5.32 Å². The van der Waals surface area contributed by atoms with Crippen LogP contribution in [0.1, 0.15) is 26.2 Å². The summed E-state index contributed by atoms with van der Waals surface area (Å²) in [7, 11) is 0. The van der Waals surface area contributed by atoms with Crippen LogP contribution >= 0.6 is 0 Å². The predicted molar refractivity (Wildman–Crippen MR) is 48.4 cm³/mol. The standard InChI is InChI=1S/C8H15N3O2/c1-5(7(9)11-13)8(12)10-6-3-2-4-6/h5-6,13H,2-4H2,1H3,(H2,9,11)(H,10,12). The van der Waals surface area contributed by atoms with Gasteiger partial charge in [-0.1, -0.05) is 5.16 Å². The van der Waals surface area contributed by atoms with Crippen molar-refractivity contribution in [1.29, 1.82) is 0 Å². The first-order valence-corrected chi connectivity index (χ1v) is 4.43. The zero-order valence-corrected chi connectivity index (χ0v) is 7.66. The van der Waals surface area contributed by atoms with Crippen molar-refractivity contribution in [2.45, 2.75) is 32.2 Å². The second-order valence-corrected chi connectivity index (χ2v) is 3.38. The van der Waals surface area contributed by atoms with Crippen LogP contribution in [0.4, 0.5) is 0 Å². The average molecular weight is 185 g/mol. The van der Waals surface area contributed by atoms with Gasteiger partial charge in [-0.15, -0.1) is 0 Å². The Bertz CT molecular complexity index is 223. The molecule has 1 fully saturated rings. The number of carbonyl (C=O) groups is 1. The summed E-state index contributed by atoms with van der Waals surface area (Å²) >= 11 is 0. The molecule has 1 saturated carbocycles. The van der Waals surface area contributed by atoms with E-state index in [-0.39, 0.29) is 11.7 Å². The molecule has 1 rings (SSSR count). The highest BCUT2D eigenvalue weighted by Gasteiger charge is 2.24. The number of rotatable bonds is 3. The number of amides is 1. The fraction of sp³-hybridized carbons (Fsp3) is 0.750. The molecule has 13 heavy (non-hydrogen) atoms. The molecular formula is C8H15N3O2. The van der Waals surface area contributed by atoms with Gasteiger partial charge in [-0.05, 0) is 26.2 Å². The molecule has 0 radical (unpaired) electrons. The molecule has 0 aromatic heterocycles. The summed E-state index contributed by atoms with van der Waals surface area (Å²) in [5, 5.41) is 14.0. The Balaban J connectivity index is 2.37. The average Bonchev–Trinajstić information content (AvgIpc) is 2.08. The number of carbonyl (C=O) groups excluding carboxylic acids is 1. The zero-order chi connectivity index (χ0) is 9.84. The fourth-order valence-corrected chi connectivity index (χ4v) is 1.10. The number of nitrogens with one attached hydrogen (secondary N) is 1. The van der Waals surface area contributed by atoms with Gasteiger partial charge < -0.3 is 16.3 Å². The van der Waals surface area contributed by atoms with Crippen LogP contribution in [0.5, 0.6) is 0 Å². The SMILES string of the molecule is CC(C(=O)NC1CCC1)C(N)=NO. The van der Waals surface area contributed by atoms with Crippen molar-refractivity contribution in [2.75, 3.05) is 0 Å². The maximum atomic E-state index is 11.4. The zero-order valence-electron chi connectivity index (χ0n) is 7.66. The molecule has 1 atom stereocenters. The van der Waals surface area contributed by atoms with Crippen molar-refractivity contribution < 1.29 is 10.0 Å². The molecule has 0 spiro atoms. The van der Waals surface area contributed by atoms with Gasteiger partial charge in [0, 0.05) is 6.04 Å². The molecular weight excluding hydrogens is 170 g/mol. The number of amidine groups is 1. The molecule has 1 aliphatic rings. The van der Waals surface area contributed by atoms with Gasteiger partial charge in [-0.3, -0.25) is 4.79 Å². The summed E-state index contributed by atoms with van der Waals surface area (Å²) < 4.78 is 0. The summed E-state index contributed by atoms with van der Waals surface area (Å²) in [5.74, 6) is -0.762. The summed E-state index contributed by atoms with van der Waals surface area (Å²) in [6.45, 7) is 1.61. The topological polar surface area (TPSA) is 87.7 Å². The minimum absolute atomic E-state index is 0.0446. The molecule has 5 nitrogen and oxygen atoms in total. The molecule has 4 N–H and O–H groups in total. The highest BCUT2D eigenvalue weighted by molar-refractivity contribution is 6.01. The van der Waals surface area contributed by atoms with Crippen LogP contribution in [-0.2, 0) is 4.79 Å². The van der Waals surface area contributed by atoms with Gasteiger partial charge in [-0.2, -0.15) is 0 Å². The quantitative estimate of drug-likeness (QED) is 0.251. The van der Waals surface area contributed by atoms with Gasteiger partial charge in [0.1, 0.15) is 0 Å². The summed E-state index contributed by atoms with van der Waals surface area (Å²) in [6.07, 6.45) is 3.24. The van der Waals surface area contributed by atoms with E-state index in [0.717, 1.165) is 12.8 Å². The predicted octanol–water partition coefficient (Wildman–Crippen LogP) is 0.0376. The van der Waals surface area contributed by atoms with Crippen LogP contribution in [0, 0.1) is 5.92 Å². The summed E-state index contributed by atoms with van der Waals surface area (Å²) in [4.78, 5) is 11.4. The number of nitrogens with two attached hydrogens (primary N) is 1. The van der Waals surface area contributed by atoms with Crippen molar-refractivity contribution in [3.8, 4) is 0 Å². The number of nitrogens with zero attached hydrogens (tertiary/aromatic N) is 1. The van der Waals surface area contributed by atoms with Crippen LogP contribution in [0.25, 0.3) is 0 Å². The monoisotopic (exact) mass is 185 g/mol. The minimum atomic E-state index is -0.550. The lowest BCUT2D eigenvalue weighted by atomic mass is 9.92. The third-order valence-corrected chi connectivity index (χ3v) is 2.40. The van der Waals surface area contributed by atoms with Crippen LogP contribution in [-0.4, -0.2) is 23.0 Å². The highest BCUT2D eigenvalue weighted by atomic mass is 16.4. The maximum Gasteiger partial charge on any atom is 0.230 e. The van der Waals surface area contributed by atoms with Gasteiger partial charge in [0.05, 0.1) is 5.92 Å². The normalized spacial score (nSPS) is 20.5. The maximum absolute atomic E-state index is 11.4. The van der Waals surface area contributed by atoms with E-state index in [4.69, 9.17) is 10.9 Å². The molecule has 1 amide bonds. The third-order valence-electron chi connectivity index (χ3n) is 2.40. The molecule has 0 aromatic rings. The summed E-state index contributed by atoms with van der Waals surface area (Å²) in [6, 6.07) is 0.293. The lowest BCUT2D eigenvalue weighted by Gasteiger charge is -2.27. The molecule has 74 valence electrons. The van der Waals surface area contributed by atoms with E-state index in [0.29, 0.717) is 6.04 Å². The third kappa shape index (κ3) is 2.34. The van der Waals surface area contributed by atoms with Crippen molar-refractivity contribution in [2.24, 2.45) is 16.8 Å². The highest BCUT2D eigenvalue weighted by Crippen LogP contribution is 2.18. The Morgan fingerprint density at radius 3 is 2.69 bits per heavy atom. The van der Waals surface area contributed by atoms with E-state index in [2.05, 4.69) is 10.5 Å². The van der Waals surface area contributed by atoms with Crippen LogP contribution in [0.3, 0.4) is 0 Å². The first-order chi connectivity index (χ1) is 6.15. The fourth-order valence-electron chi connectivity index (χ4n) is 1.10. The molecule has 5 heteroatoms. The molecule has 0 saturated heterocycles. The lowest BCUT2D eigenvalue weighted by molar-refractivity contribution is -0.123. The Morgan fingerprint density at radius 2 is 2.31 bits per heavy atom. The number of hydrogen-bond acceptors (Lipinski definition) is 3. The minimum Gasteiger partial charge on any atom is -0.409 e. The first kappa shape index (κ1) is 9.83. The van der Waals surface area contributed by atoms with Crippen molar-refractivity contribution in [3.05, 3.63) is 0 Å². The van der Waals surface area contributed by atoms with E-state index in [1.165, 1.54) is 6.42 Å². The molecule has 0 bridgehead atoms.